The Labute approximate surface area is 158 Å². The smallest absolute Gasteiger partial charge is 0.321 e. The average molecular weight is 368 g/mol. The van der Waals surface area contributed by atoms with E-state index >= 15 is 0 Å². The Morgan fingerprint density at radius 1 is 1.30 bits per heavy atom. The van der Waals surface area contributed by atoms with E-state index in [9.17, 15) is 4.79 Å². The minimum Gasteiger partial charge on any atom is -0.494 e. The number of anilines is 1. The number of urea groups is 1. The fourth-order valence-corrected chi connectivity index (χ4v) is 2.77. The molecule has 142 valence electrons. The molecule has 8 heteroatoms. The van der Waals surface area contributed by atoms with Crippen molar-refractivity contribution in [2.75, 3.05) is 19.5 Å². The zero-order chi connectivity index (χ0) is 19.6. The first-order chi connectivity index (χ1) is 12.9. The minimum absolute atomic E-state index is 0.216. The molecule has 8 nitrogen and oxygen atoms in total. The molecule has 0 bridgehead atoms. The van der Waals surface area contributed by atoms with E-state index in [-0.39, 0.29) is 6.03 Å². The van der Waals surface area contributed by atoms with Crippen LogP contribution in [0, 0.1) is 13.8 Å². The summed E-state index contributed by atoms with van der Waals surface area (Å²) in [5.41, 5.74) is 4.32. The predicted octanol–water partition coefficient (Wildman–Crippen LogP) is 2.90. The molecule has 0 saturated carbocycles. The van der Waals surface area contributed by atoms with E-state index < -0.39 is 0 Å². The molecular formula is C19H24N6O2. The van der Waals surface area contributed by atoms with E-state index in [1.165, 1.54) is 0 Å². The van der Waals surface area contributed by atoms with E-state index in [1.54, 1.807) is 36.1 Å². The van der Waals surface area contributed by atoms with E-state index in [0.29, 0.717) is 18.0 Å². The molecule has 0 spiro atoms. The highest BCUT2D eigenvalue weighted by Crippen LogP contribution is 2.27. The van der Waals surface area contributed by atoms with E-state index in [1.807, 2.05) is 49.9 Å². The molecule has 1 N–H and O–H groups in total. The quantitative estimate of drug-likeness (QED) is 0.751. The molecule has 0 unspecified atom stereocenters. The van der Waals surface area contributed by atoms with Crippen molar-refractivity contribution in [1.29, 1.82) is 0 Å². The first-order valence-electron chi connectivity index (χ1n) is 8.58. The van der Waals surface area contributed by atoms with Crippen molar-refractivity contribution < 1.29 is 9.53 Å². The maximum Gasteiger partial charge on any atom is 0.321 e. The molecule has 0 saturated heterocycles. The van der Waals surface area contributed by atoms with Gasteiger partial charge in [-0.05, 0) is 32.0 Å². The van der Waals surface area contributed by atoms with Crippen LogP contribution < -0.4 is 10.1 Å². The van der Waals surface area contributed by atoms with Gasteiger partial charge in [0, 0.05) is 37.7 Å². The predicted molar refractivity (Wildman–Crippen MR) is 103 cm³/mol. The molecule has 2 aromatic heterocycles. The van der Waals surface area contributed by atoms with Crippen molar-refractivity contribution in [3.8, 4) is 11.4 Å². The highest BCUT2D eigenvalue weighted by Gasteiger charge is 2.14. The van der Waals surface area contributed by atoms with E-state index in [2.05, 4.69) is 15.4 Å². The fourth-order valence-electron chi connectivity index (χ4n) is 2.77. The highest BCUT2D eigenvalue weighted by atomic mass is 16.5. The third-order valence-corrected chi connectivity index (χ3v) is 4.33. The fraction of sp³-hybridized carbons (Fsp3) is 0.316. The van der Waals surface area contributed by atoms with Gasteiger partial charge < -0.3 is 19.5 Å². The van der Waals surface area contributed by atoms with Gasteiger partial charge in [0.05, 0.1) is 37.1 Å². The Hall–Kier alpha value is -3.29. The molecule has 0 fully saturated rings. The van der Waals surface area contributed by atoms with Crippen molar-refractivity contribution >= 4 is 11.7 Å². The summed E-state index contributed by atoms with van der Waals surface area (Å²) >= 11 is 0. The van der Waals surface area contributed by atoms with Crippen LogP contribution in [0.3, 0.4) is 0 Å². The van der Waals surface area contributed by atoms with Crippen LogP contribution in [0.15, 0.2) is 36.8 Å². The van der Waals surface area contributed by atoms with Gasteiger partial charge in [-0.25, -0.2) is 9.78 Å². The molecular weight excluding hydrogens is 344 g/mol. The summed E-state index contributed by atoms with van der Waals surface area (Å²) in [5.74, 6) is 0.646. The molecule has 2 heterocycles. The van der Waals surface area contributed by atoms with E-state index in [0.717, 1.165) is 22.8 Å². The van der Waals surface area contributed by atoms with Crippen molar-refractivity contribution in [2.45, 2.75) is 20.4 Å². The normalized spacial score (nSPS) is 10.7. The number of ether oxygens (including phenoxy) is 1. The first-order valence-corrected chi connectivity index (χ1v) is 8.58. The first kappa shape index (κ1) is 18.5. The number of nitrogens with zero attached hydrogens (tertiary/aromatic N) is 5. The number of carbonyl (C=O) groups excluding carboxylic acids is 1. The van der Waals surface area contributed by atoms with Crippen LogP contribution in [0.1, 0.15) is 17.1 Å². The molecule has 2 amide bonds. The number of benzene rings is 1. The molecule has 1 aromatic carbocycles. The number of aromatic nitrogens is 4. The number of methoxy groups -OCH3 is 1. The van der Waals surface area contributed by atoms with Gasteiger partial charge in [-0.15, -0.1) is 0 Å². The van der Waals surface area contributed by atoms with Crippen LogP contribution in [-0.2, 0) is 13.6 Å². The zero-order valence-electron chi connectivity index (χ0n) is 16.2. The molecule has 0 aliphatic rings. The third kappa shape index (κ3) is 4.11. The monoisotopic (exact) mass is 368 g/mol. The number of carbonyl (C=O) groups is 1. The van der Waals surface area contributed by atoms with Crippen molar-refractivity contribution in [2.24, 2.45) is 7.05 Å². The number of amides is 2. The van der Waals surface area contributed by atoms with Crippen molar-refractivity contribution in [3.63, 3.8) is 0 Å². The summed E-state index contributed by atoms with van der Waals surface area (Å²) in [6.45, 7) is 4.33. The Balaban J connectivity index is 1.71. The second-order valence-corrected chi connectivity index (χ2v) is 6.50. The van der Waals surface area contributed by atoms with Crippen LogP contribution in [-0.4, -0.2) is 44.4 Å². The van der Waals surface area contributed by atoms with Crippen LogP contribution in [0.4, 0.5) is 10.5 Å². The Morgan fingerprint density at radius 2 is 2.07 bits per heavy atom. The van der Waals surface area contributed by atoms with Gasteiger partial charge >= 0.3 is 6.03 Å². The molecule has 3 aromatic rings. The maximum absolute atomic E-state index is 12.5. The topological polar surface area (TPSA) is 77.2 Å². The van der Waals surface area contributed by atoms with Gasteiger partial charge in [-0.1, -0.05) is 0 Å². The molecule has 27 heavy (non-hydrogen) atoms. The SMILES string of the molecule is COc1cc(NC(=O)N(C)Cc2cc(C)n(C)n2)ccc1-n1cnc(C)c1. The summed E-state index contributed by atoms with van der Waals surface area (Å²) in [7, 11) is 5.22. The van der Waals surface area contributed by atoms with Gasteiger partial charge in [0.2, 0.25) is 0 Å². The Morgan fingerprint density at radius 3 is 2.67 bits per heavy atom. The lowest BCUT2D eigenvalue weighted by molar-refractivity contribution is 0.220. The summed E-state index contributed by atoms with van der Waals surface area (Å²) in [6.07, 6.45) is 3.65. The van der Waals surface area contributed by atoms with Gasteiger partial charge in [-0.3, -0.25) is 4.68 Å². The average Bonchev–Trinajstić information content (AvgIpc) is 3.20. The lowest BCUT2D eigenvalue weighted by Crippen LogP contribution is -2.31. The second-order valence-electron chi connectivity index (χ2n) is 6.50. The van der Waals surface area contributed by atoms with Crippen molar-refractivity contribution in [1.82, 2.24) is 24.2 Å². The minimum atomic E-state index is -0.216. The van der Waals surface area contributed by atoms with Gasteiger partial charge in [-0.2, -0.15) is 5.10 Å². The number of rotatable bonds is 5. The standard InChI is InChI=1S/C19H24N6O2/c1-13-10-25(12-20-13)17-7-6-15(9-18(17)27-5)21-19(26)23(3)11-16-8-14(2)24(4)22-16/h6-10,12H,11H2,1-5H3,(H,21,26). The van der Waals surface area contributed by atoms with Gasteiger partial charge in [0.1, 0.15) is 5.75 Å². The highest BCUT2D eigenvalue weighted by molar-refractivity contribution is 5.89. The summed E-state index contributed by atoms with van der Waals surface area (Å²) in [4.78, 5) is 18.3. The van der Waals surface area contributed by atoms with Crippen LogP contribution in [0.25, 0.3) is 5.69 Å². The lowest BCUT2D eigenvalue weighted by Gasteiger charge is -2.18. The number of aryl methyl sites for hydroxylation is 3. The Kier molecular flexibility index (Phi) is 5.16. The van der Waals surface area contributed by atoms with Crippen molar-refractivity contribution in [3.05, 3.63) is 53.9 Å². The van der Waals surface area contributed by atoms with Gasteiger partial charge in [0.25, 0.3) is 0 Å². The number of hydrogen-bond acceptors (Lipinski definition) is 4. The van der Waals surface area contributed by atoms with Gasteiger partial charge in [0.15, 0.2) is 0 Å². The summed E-state index contributed by atoms with van der Waals surface area (Å²) in [6, 6.07) is 7.27. The second kappa shape index (κ2) is 7.53. The molecule has 0 aliphatic carbocycles. The number of hydrogen-bond donors (Lipinski definition) is 1. The Bertz CT molecular complexity index is 940. The van der Waals surface area contributed by atoms with Crippen LogP contribution in [0.5, 0.6) is 5.75 Å². The summed E-state index contributed by atoms with van der Waals surface area (Å²) < 4.78 is 9.16. The number of imidazole rings is 1. The summed E-state index contributed by atoms with van der Waals surface area (Å²) in [5, 5.41) is 7.27. The maximum atomic E-state index is 12.5. The molecule has 0 atom stereocenters. The van der Waals surface area contributed by atoms with Crippen LogP contribution in [0.2, 0.25) is 0 Å². The van der Waals surface area contributed by atoms with E-state index in [4.69, 9.17) is 4.74 Å². The molecule has 3 rings (SSSR count). The third-order valence-electron chi connectivity index (χ3n) is 4.33. The molecule has 0 aliphatic heterocycles. The zero-order valence-corrected chi connectivity index (χ0v) is 16.2. The molecule has 0 radical (unpaired) electrons. The van der Waals surface area contributed by atoms with Crippen LogP contribution >= 0.6 is 0 Å². The lowest BCUT2D eigenvalue weighted by atomic mass is 10.2. The largest absolute Gasteiger partial charge is 0.494 e. The number of nitrogens with one attached hydrogen (secondary N) is 1.